The normalized spacial score (nSPS) is 12.2. The molecule has 0 fully saturated rings. The molecule has 0 unspecified atom stereocenters. The second-order valence-corrected chi connectivity index (χ2v) is 9.64. The van der Waals surface area contributed by atoms with E-state index in [1.165, 1.54) is 5.56 Å². The number of aryl methyl sites for hydroxylation is 1. The third-order valence-corrected chi connectivity index (χ3v) is 5.96. The van der Waals surface area contributed by atoms with Gasteiger partial charge in [-0.1, -0.05) is 70.5 Å². The summed E-state index contributed by atoms with van der Waals surface area (Å²) in [5, 5.41) is 2.96. The number of benzene rings is 2. The summed E-state index contributed by atoms with van der Waals surface area (Å²) < 4.78 is 5.23. The lowest BCUT2D eigenvalue weighted by atomic mass is 9.86. The molecule has 0 saturated heterocycles. The van der Waals surface area contributed by atoms with Gasteiger partial charge in [-0.25, -0.2) is 0 Å². The Hall–Kier alpha value is -2.82. The topological polar surface area (TPSA) is 58.6 Å². The molecule has 0 saturated carbocycles. The van der Waals surface area contributed by atoms with Gasteiger partial charge in [0.1, 0.15) is 11.8 Å². The molecule has 2 aromatic carbocycles. The summed E-state index contributed by atoms with van der Waals surface area (Å²) in [5.41, 5.74) is 3.47. The van der Waals surface area contributed by atoms with Gasteiger partial charge in [-0.05, 0) is 54.0 Å². The molecule has 2 amide bonds. The van der Waals surface area contributed by atoms with Crippen molar-refractivity contribution in [2.45, 2.75) is 78.3 Å². The van der Waals surface area contributed by atoms with Crippen LogP contribution < -0.4 is 10.1 Å². The number of unbranched alkanes of at least 4 members (excludes halogenated alkanes) is 1. The third-order valence-electron chi connectivity index (χ3n) is 5.96. The van der Waals surface area contributed by atoms with E-state index < -0.39 is 6.04 Å². The minimum Gasteiger partial charge on any atom is -0.497 e. The lowest BCUT2D eigenvalue weighted by Gasteiger charge is -2.29. The van der Waals surface area contributed by atoms with Crippen molar-refractivity contribution in [3.05, 3.63) is 65.2 Å². The summed E-state index contributed by atoms with van der Waals surface area (Å²) in [6.45, 7) is 11.5. The molecular formula is C28H40N2O3. The summed E-state index contributed by atoms with van der Waals surface area (Å²) in [7, 11) is 1.63. The van der Waals surface area contributed by atoms with Crippen molar-refractivity contribution in [3.8, 4) is 5.75 Å². The quantitative estimate of drug-likeness (QED) is 0.473. The summed E-state index contributed by atoms with van der Waals surface area (Å²) in [6, 6.07) is 15.6. The van der Waals surface area contributed by atoms with Gasteiger partial charge in [0, 0.05) is 19.5 Å². The number of ether oxygens (including phenoxy) is 1. The minimum absolute atomic E-state index is 0.0242. The van der Waals surface area contributed by atoms with Crippen LogP contribution in [0.15, 0.2) is 48.5 Å². The highest BCUT2D eigenvalue weighted by Crippen LogP contribution is 2.23. The Labute approximate surface area is 199 Å². The summed E-state index contributed by atoms with van der Waals surface area (Å²) in [5.74, 6) is 0.629. The first-order valence-corrected chi connectivity index (χ1v) is 11.9. The van der Waals surface area contributed by atoms with E-state index in [0.29, 0.717) is 25.9 Å². The van der Waals surface area contributed by atoms with Crippen LogP contribution in [0, 0.1) is 0 Å². The van der Waals surface area contributed by atoms with Gasteiger partial charge in [-0.2, -0.15) is 0 Å². The standard InChI is InChI=1S/C28H40N2O3/c1-7-8-19-29-27(32)21(2)30(20-23-11-16-25(33-6)17-12-23)26(31)18-13-22-9-14-24(15-10-22)28(3,4)5/h9-12,14-17,21H,7-8,13,18-20H2,1-6H3,(H,29,32)/t21-/m1/s1. The van der Waals surface area contributed by atoms with Crippen LogP contribution in [0.5, 0.6) is 5.75 Å². The van der Waals surface area contributed by atoms with E-state index in [2.05, 4.69) is 57.3 Å². The Morgan fingerprint density at radius 2 is 1.61 bits per heavy atom. The number of hydrogen-bond acceptors (Lipinski definition) is 3. The van der Waals surface area contributed by atoms with Crippen molar-refractivity contribution in [1.82, 2.24) is 10.2 Å². The Bertz CT molecular complexity index is 883. The molecule has 0 aromatic heterocycles. The fourth-order valence-corrected chi connectivity index (χ4v) is 3.61. The average molecular weight is 453 g/mol. The zero-order valence-corrected chi connectivity index (χ0v) is 21.1. The maximum absolute atomic E-state index is 13.3. The van der Waals surface area contributed by atoms with Crippen molar-refractivity contribution < 1.29 is 14.3 Å². The van der Waals surface area contributed by atoms with E-state index in [4.69, 9.17) is 4.74 Å². The number of rotatable bonds is 11. The Kier molecular flexibility index (Phi) is 9.95. The van der Waals surface area contributed by atoms with E-state index in [9.17, 15) is 9.59 Å². The van der Waals surface area contributed by atoms with Crippen molar-refractivity contribution in [2.75, 3.05) is 13.7 Å². The first-order chi connectivity index (χ1) is 15.7. The molecule has 1 atom stereocenters. The molecular weight excluding hydrogens is 412 g/mol. The van der Waals surface area contributed by atoms with E-state index >= 15 is 0 Å². The second-order valence-electron chi connectivity index (χ2n) is 9.64. The molecule has 2 rings (SSSR count). The third kappa shape index (κ3) is 8.23. The molecule has 0 bridgehead atoms. The zero-order chi connectivity index (χ0) is 24.4. The monoisotopic (exact) mass is 452 g/mol. The molecule has 0 aliphatic heterocycles. The maximum atomic E-state index is 13.3. The Balaban J connectivity index is 2.11. The van der Waals surface area contributed by atoms with Crippen molar-refractivity contribution in [3.63, 3.8) is 0 Å². The first kappa shape index (κ1) is 26.4. The van der Waals surface area contributed by atoms with Gasteiger partial charge in [0.25, 0.3) is 0 Å². The lowest BCUT2D eigenvalue weighted by molar-refractivity contribution is -0.140. The zero-order valence-electron chi connectivity index (χ0n) is 21.1. The lowest BCUT2D eigenvalue weighted by Crippen LogP contribution is -2.47. The highest BCUT2D eigenvalue weighted by atomic mass is 16.5. The molecule has 5 heteroatoms. The van der Waals surface area contributed by atoms with Gasteiger partial charge in [0.05, 0.1) is 7.11 Å². The second kappa shape index (κ2) is 12.4. The fourth-order valence-electron chi connectivity index (χ4n) is 3.61. The SMILES string of the molecule is CCCCNC(=O)[C@@H](C)N(Cc1ccc(OC)cc1)C(=O)CCc1ccc(C(C)(C)C)cc1. The van der Waals surface area contributed by atoms with Gasteiger partial charge in [-0.15, -0.1) is 0 Å². The van der Waals surface area contributed by atoms with Crippen LogP contribution in [0.4, 0.5) is 0 Å². The van der Waals surface area contributed by atoms with E-state index in [1.807, 2.05) is 24.3 Å². The molecule has 0 aliphatic rings. The Morgan fingerprint density at radius 1 is 1.00 bits per heavy atom. The van der Waals surface area contributed by atoms with Crippen LogP contribution in [0.3, 0.4) is 0 Å². The molecule has 0 radical (unpaired) electrons. The number of hydrogen-bond donors (Lipinski definition) is 1. The van der Waals surface area contributed by atoms with Crippen LogP contribution in [0.25, 0.3) is 0 Å². The average Bonchev–Trinajstić information content (AvgIpc) is 2.80. The van der Waals surface area contributed by atoms with Gasteiger partial charge in [0.15, 0.2) is 0 Å². The Morgan fingerprint density at radius 3 is 2.15 bits per heavy atom. The first-order valence-electron chi connectivity index (χ1n) is 11.9. The van der Waals surface area contributed by atoms with E-state index in [1.54, 1.807) is 18.9 Å². The minimum atomic E-state index is -0.542. The molecule has 0 aliphatic carbocycles. The number of carbonyl (C=O) groups excluding carboxylic acids is 2. The summed E-state index contributed by atoms with van der Waals surface area (Å²) in [6.07, 6.45) is 2.94. The maximum Gasteiger partial charge on any atom is 0.242 e. The molecule has 33 heavy (non-hydrogen) atoms. The van der Waals surface area contributed by atoms with Crippen LogP contribution in [0.1, 0.15) is 70.6 Å². The van der Waals surface area contributed by atoms with Gasteiger partial charge in [-0.3, -0.25) is 9.59 Å². The smallest absolute Gasteiger partial charge is 0.242 e. The van der Waals surface area contributed by atoms with Gasteiger partial charge in [0.2, 0.25) is 11.8 Å². The van der Waals surface area contributed by atoms with Crippen molar-refractivity contribution in [1.29, 1.82) is 0 Å². The van der Waals surface area contributed by atoms with Crippen molar-refractivity contribution >= 4 is 11.8 Å². The molecule has 1 N–H and O–H groups in total. The van der Waals surface area contributed by atoms with Crippen molar-refractivity contribution in [2.24, 2.45) is 0 Å². The fraction of sp³-hybridized carbons (Fsp3) is 0.500. The number of amides is 2. The number of methoxy groups -OCH3 is 1. The van der Waals surface area contributed by atoms with Crippen LogP contribution in [0.2, 0.25) is 0 Å². The summed E-state index contributed by atoms with van der Waals surface area (Å²) >= 11 is 0. The van der Waals surface area contributed by atoms with Crippen LogP contribution in [-0.2, 0) is 28.0 Å². The molecule has 180 valence electrons. The largest absolute Gasteiger partial charge is 0.497 e. The summed E-state index contributed by atoms with van der Waals surface area (Å²) in [4.78, 5) is 27.7. The molecule has 2 aromatic rings. The molecule has 5 nitrogen and oxygen atoms in total. The van der Waals surface area contributed by atoms with E-state index in [-0.39, 0.29) is 17.2 Å². The predicted octanol–water partition coefficient (Wildman–Crippen LogP) is 5.26. The van der Waals surface area contributed by atoms with Gasteiger partial charge < -0.3 is 15.0 Å². The van der Waals surface area contributed by atoms with Gasteiger partial charge >= 0.3 is 0 Å². The molecule has 0 spiro atoms. The van der Waals surface area contributed by atoms with Crippen LogP contribution in [-0.4, -0.2) is 36.4 Å². The number of carbonyl (C=O) groups is 2. The highest BCUT2D eigenvalue weighted by Gasteiger charge is 2.25. The predicted molar refractivity (Wildman–Crippen MR) is 134 cm³/mol. The number of nitrogens with one attached hydrogen (secondary N) is 1. The highest BCUT2D eigenvalue weighted by molar-refractivity contribution is 5.87. The van der Waals surface area contributed by atoms with Crippen LogP contribution >= 0.6 is 0 Å². The molecule has 0 heterocycles. The number of nitrogens with zero attached hydrogens (tertiary/aromatic N) is 1. The van der Waals surface area contributed by atoms with E-state index in [0.717, 1.165) is 29.7 Å².